The SMILES string of the molecule is COc1ccc([C@@H]2C[C@H](C(F)(F)F)n3nc(C(=O)N4CCN(c5cccc(OC)c5)CC4)cc3N2)cc1. The quantitative estimate of drug-likeness (QED) is 0.539. The lowest BCUT2D eigenvalue weighted by atomic mass is 9.97. The highest BCUT2D eigenvalue weighted by molar-refractivity contribution is 5.93. The van der Waals surface area contributed by atoms with Gasteiger partial charge in [0.15, 0.2) is 11.7 Å². The smallest absolute Gasteiger partial charge is 0.410 e. The molecule has 3 heterocycles. The Bertz CT molecular complexity index is 1250. The topological polar surface area (TPSA) is 71.9 Å². The first-order valence-corrected chi connectivity index (χ1v) is 12.0. The molecule has 0 bridgehead atoms. The standard InChI is InChI=1S/C26H28F3N5O3/c1-36-19-8-6-17(7-9-19)21-15-23(26(27,28)29)34-24(30-21)16-22(31-34)25(35)33-12-10-32(11-13-33)18-4-3-5-20(14-18)37-2/h3-9,14,16,21,23,30H,10-13,15H2,1-2H3/t21-,23+/m0/s1. The predicted molar refractivity (Wildman–Crippen MR) is 132 cm³/mol. The number of carbonyl (C=O) groups excluding carboxylic acids is 1. The van der Waals surface area contributed by atoms with Crippen LogP contribution >= 0.6 is 0 Å². The number of nitrogens with one attached hydrogen (secondary N) is 1. The molecule has 2 aliphatic heterocycles. The second-order valence-electron chi connectivity index (χ2n) is 9.10. The first kappa shape index (κ1) is 24.8. The van der Waals surface area contributed by atoms with E-state index in [2.05, 4.69) is 15.3 Å². The third-order valence-electron chi connectivity index (χ3n) is 6.91. The van der Waals surface area contributed by atoms with Gasteiger partial charge in [0.1, 0.15) is 17.3 Å². The van der Waals surface area contributed by atoms with E-state index in [-0.39, 0.29) is 23.8 Å². The Balaban J connectivity index is 1.32. The Kier molecular flexibility index (Phi) is 6.61. The van der Waals surface area contributed by atoms with Gasteiger partial charge in [0.25, 0.3) is 5.91 Å². The van der Waals surface area contributed by atoms with E-state index < -0.39 is 18.3 Å². The van der Waals surface area contributed by atoms with E-state index in [1.807, 2.05) is 24.3 Å². The zero-order valence-corrected chi connectivity index (χ0v) is 20.5. The van der Waals surface area contributed by atoms with Crippen molar-refractivity contribution in [2.75, 3.05) is 50.6 Å². The molecule has 1 amide bonds. The number of methoxy groups -OCH3 is 2. The molecule has 1 aromatic heterocycles. The lowest BCUT2D eigenvalue weighted by molar-refractivity contribution is -0.173. The Morgan fingerprint density at radius 3 is 2.32 bits per heavy atom. The fraction of sp³-hybridized carbons (Fsp3) is 0.385. The van der Waals surface area contributed by atoms with Gasteiger partial charge in [-0.25, -0.2) is 4.68 Å². The summed E-state index contributed by atoms with van der Waals surface area (Å²) in [5, 5.41) is 7.26. The molecule has 0 unspecified atom stereocenters. The number of benzene rings is 2. The Hall–Kier alpha value is -3.89. The van der Waals surface area contributed by atoms with Crippen LogP contribution in [0.5, 0.6) is 11.5 Å². The van der Waals surface area contributed by atoms with Gasteiger partial charge in [-0.2, -0.15) is 18.3 Å². The minimum Gasteiger partial charge on any atom is -0.497 e. The predicted octanol–water partition coefficient (Wildman–Crippen LogP) is 4.52. The van der Waals surface area contributed by atoms with Crippen LogP contribution in [0, 0.1) is 0 Å². The molecule has 11 heteroatoms. The van der Waals surface area contributed by atoms with Gasteiger partial charge in [-0.1, -0.05) is 18.2 Å². The molecular weight excluding hydrogens is 487 g/mol. The summed E-state index contributed by atoms with van der Waals surface area (Å²) in [6.45, 7) is 2.05. The highest BCUT2D eigenvalue weighted by atomic mass is 19.4. The van der Waals surface area contributed by atoms with E-state index in [4.69, 9.17) is 9.47 Å². The summed E-state index contributed by atoms with van der Waals surface area (Å²) >= 11 is 0. The third kappa shape index (κ3) is 5.03. The molecule has 2 atom stereocenters. The van der Waals surface area contributed by atoms with Gasteiger partial charge in [0.2, 0.25) is 0 Å². The van der Waals surface area contributed by atoms with E-state index in [1.165, 1.54) is 13.2 Å². The van der Waals surface area contributed by atoms with Crippen LogP contribution in [-0.2, 0) is 0 Å². The van der Waals surface area contributed by atoms with E-state index in [0.29, 0.717) is 37.5 Å². The maximum absolute atomic E-state index is 14.0. The van der Waals surface area contributed by atoms with E-state index in [9.17, 15) is 18.0 Å². The number of amides is 1. The molecule has 0 saturated carbocycles. The summed E-state index contributed by atoms with van der Waals surface area (Å²) in [6, 6.07) is 13.6. The molecule has 1 fully saturated rings. The molecule has 0 radical (unpaired) electrons. The normalized spacial score (nSPS) is 19.7. The van der Waals surface area contributed by atoms with Gasteiger partial charge in [-0.05, 0) is 29.8 Å². The van der Waals surface area contributed by atoms with Crippen molar-refractivity contribution in [1.82, 2.24) is 14.7 Å². The fourth-order valence-corrected chi connectivity index (χ4v) is 4.87. The minimum absolute atomic E-state index is 0.00182. The summed E-state index contributed by atoms with van der Waals surface area (Å²) in [5.74, 6) is 1.17. The zero-order chi connectivity index (χ0) is 26.2. The lowest BCUT2D eigenvalue weighted by Crippen LogP contribution is -2.49. The molecule has 0 aliphatic carbocycles. The molecule has 8 nitrogen and oxygen atoms in total. The van der Waals surface area contributed by atoms with E-state index >= 15 is 0 Å². The number of rotatable bonds is 5. The van der Waals surface area contributed by atoms with Gasteiger partial charge < -0.3 is 24.6 Å². The number of halogens is 3. The summed E-state index contributed by atoms with van der Waals surface area (Å²) in [4.78, 5) is 17.0. The van der Waals surface area contributed by atoms with Crippen molar-refractivity contribution in [1.29, 1.82) is 0 Å². The lowest BCUT2D eigenvalue weighted by Gasteiger charge is -2.36. The van der Waals surface area contributed by atoms with Crippen molar-refractivity contribution in [3.63, 3.8) is 0 Å². The van der Waals surface area contributed by atoms with Crippen LogP contribution < -0.4 is 19.7 Å². The second-order valence-corrected chi connectivity index (χ2v) is 9.10. The van der Waals surface area contributed by atoms with Crippen LogP contribution in [0.4, 0.5) is 24.7 Å². The molecule has 5 rings (SSSR count). The van der Waals surface area contributed by atoms with Crippen LogP contribution in [0.25, 0.3) is 0 Å². The number of nitrogens with zero attached hydrogens (tertiary/aromatic N) is 4. The summed E-state index contributed by atoms with van der Waals surface area (Å²) in [7, 11) is 3.14. The Morgan fingerprint density at radius 2 is 1.68 bits per heavy atom. The van der Waals surface area contributed by atoms with E-state index in [0.717, 1.165) is 16.1 Å². The Labute approximate surface area is 212 Å². The average Bonchev–Trinajstić information content (AvgIpc) is 3.36. The number of piperazine rings is 1. The van der Waals surface area contributed by atoms with Gasteiger partial charge in [-0.15, -0.1) is 0 Å². The zero-order valence-electron chi connectivity index (χ0n) is 20.5. The van der Waals surface area contributed by atoms with Crippen LogP contribution in [0.1, 0.15) is 34.6 Å². The van der Waals surface area contributed by atoms with Crippen molar-refractivity contribution in [3.8, 4) is 11.5 Å². The van der Waals surface area contributed by atoms with Gasteiger partial charge in [0.05, 0.1) is 20.3 Å². The largest absolute Gasteiger partial charge is 0.497 e. The second kappa shape index (κ2) is 9.87. The number of carbonyl (C=O) groups is 1. The molecule has 1 N–H and O–H groups in total. The van der Waals surface area contributed by atoms with E-state index in [1.54, 1.807) is 36.3 Å². The number of fused-ring (bicyclic) bond motifs is 1. The van der Waals surface area contributed by atoms with Gasteiger partial charge in [-0.3, -0.25) is 4.79 Å². The molecule has 196 valence electrons. The average molecular weight is 516 g/mol. The monoisotopic (exact) mass is 515 g/mol. The molecule has 2 aliphatic rings. The van der Waals surface area contributed by atoms with Crippen molar-refractivity contribution >= 4 is 17.4 Å². The molecule has 37 heavy (non-hydrogen) atoms. The third-order valence-corrected chi connectivity index (χ3v) is 6.91. The molecule has 2 aromatic carbocycles. The van der Waals surface area contributed by atoms with Crippen LogP contribution in [0.15, 0.2) is 54.6 Å². The Morgan fingerprint density at radius 1 is 0.973 bits per heavy atom. The van der Waals surface area contributed by atoms with Crippen LogP contribution in [-0.4, -0.2) is 67.2 Å². The van der Waals surface area contributed by atoms with Gasteiger partial charge in [0, 0.05) is 50.4 Å². The number of hydrogen-bond donors (Lipinski definition) is 1. The highest BCUT2D eigenvalue weighted by Crippen LogP contribution is 2.44. The minimum atomic E-state index is -4.52. The summed E-state index contributed by atoms with van der Waals surface area (Å²) < 4.78 is 53.4. The van der Waals surface area contributed by atoms with Gasteiger partial charge >= 0.3 is 6.18 Å². The molecule has 0 spiro atoms. The first-order chi connectivity index (χ1) is 17.8. The van der Waals surface area contributed by atoms with Crippen LogP contribution in [0.2, 0.25) is 0 Å². The van der Waals surface area contributed by atoms with Crippen molar-refractivity contribution in [3.05, 3.63) is 65.9 Å². The summed E-state index contributed by atoms with van der Waals surface area (Å²) in [5.41, 5.74) is 1.69. The highest BCUT2D eigenvalue weighted by Gasteiger charge is 2.47. The fourth-order valence-electron chi connectivity index (χ4n) is 4.87. The van der Waals surface area contributed by atoms with Crippen molar-refractivity contribution < 1.29 is 27.4 Å². The van der Waals surface area contributed by atoms with Crippen molar-refractivity contribution in [2.24, 2.45) is 0 Å². The maximum atomic E-state index is 14.0. The van der Waals surface area contributed by atoms with Crippen molar-refractivity contribution in [2.45, 2.75) is 24.7 Å². The number of ether oxygens (including phenoxy) is 2. The number of aromatic nitrogens is 2. The molecule has 3 aromatic rings. The maximum Gasteiger partial charge on any atom is 0.410 e. The molecule has 1 saturated heterocycles. The molecular formula is C26H28F3N5O3. The number of anilines is 2. The summed E-state index contributed by atoms with van der Waals surface area (Å²) in [6.07, 6.45) is -4.76. The number of alkyl halides is 3. The van der Waals surface area contributed by atoms with Crippen LogP contribution in [0.3, 0.4) is 0 Å². The number of hydrogen-bond acceptors (Lipinski definition) is 6. The first-order valence-electron chi connectivity index (χ1n) is 12.0.